The fourth-order valence-corrected chi connectivity index (χ4v) is 2.61. The van der Waals surface area contributed by atoms with Crippen LogP contribution in [-0.2, 0) is 6.54 Å². The van der Waals surface area contributed by atoms with Gasteiger partial charge in [0, 0.05) is 24.2 Å². The molecule has 0 radical (unpaired) electrons. The van der Waals surface area contributed by atoms with Gasteiger partial charge in [0.05, 0.1) is 7.11 Å². The Kier molecular flexibility index (Phi) is 5.72. The van der Waals surface area contributed by atoms with Gasteiger partial charge < -0.3 is 15.0 Å². The number of para-hydroxylation sites is 1. The van der Waals surface area contributed by atoms with E-state index in [9.17, 15) is 4.79 Å². The van der Waals surface area contributed by atoms with Crippen molar-refractivity contribution in [1.29, 1.82) is 0 Å². The maximum atomic E-state index is 12.2. The molecule has 22 heavy (non-hydrogen) atoms. The number of urea groups is 1. The van der Waals surface area contributed by atoms with Gasteiger partial charge in [-0.15, -0.1) is 11.8 Å². The highest BCUT2D eigenvalue weighted by Crippen LogP contribution is 2.28. The van der Waals surface area contributed by atoms with Crippen molar-refractivity contribution in [1.82, 2.24) is 4.90 Å². The van der Waals surface area contributed by atoms with Crippen molar-refractivity contribution in [3.05, 3.63) is 54.1 Å². The molecule has 2 aromatic carbocycles. The Balaban J connectivity index is 2.02. The molecule has 0 spiro atoms. The highest BCUT2D eigenvalue weighted by atomic mass is 32.2. The molecule has 0 atom stereocenters. The fraction of sp³-hybridized carbons (Fsp3) is 0.235. The first kappa shape index (κ1) is 16.2. The number of hydrogen-bond acceptors (Lipinski definition) is 3. The predicted octanol–water partition coefficient (Wildman–Crippen LogP) is 4.08. The van der Waals surface area contributed by atoms with Gasteiger partial charge in [0.1, 0.15) is 5.75 Å². The van der Waals surface area contributed by atoms with Crippen molar-refractivity contribution >= 4 is 23.5 Å². The molecular formula is C17H20N2O2S. The molecule has 2 amide bonds. The van der Waals surface area contributed by atoms with Gasteiger partial charge in [0.25, 0.3) is 0 Å². The van der Waals surface area contributed by atoms with Crippen LogP contribution in [0.5, 0.6) is 5.75 Å². The summed E-state index contributed by atoms with van der Waals surface area (Å²) in [6.07, 6.45) is 2.01. The molecule has 2 rings (SSSR count). The molecule has 0 bridgehead atoms. The van der Waals surface area contributed by atoms with Crippen LogP contribution in [0.25, 0.3) is 0 Å². The minimum atomic E-state index is -0.140. The van der Waals surface area contributed by atoms with Crippen LogP contribution in [0.15, 0.2) is 53.4 Å². The Morgan fingerprint density at radius 1 is 1.23 bits per heavy atom. The van der Waals surface area contributed by atoms with Crippen LogP contribution in [0.3, 0.4) is 0 Å². The van der Waals surface area contributed by atoms with Crippen molar-refractivity contribution in [3.63, 3.8) is 0 Å². The van der Waals surface area contributed by atoms with E-state index < -0.39 is 0 Å². The number of anilines is 1. The fourth-order valence-electron chi connectivity index (χ4n) is 2.07. The van der Waals surface area contributed by atoms with E-state index in [4.69, 9.17) is 4.74 Å². The van der Waals surface area contributed by atoms with Crippen LogP contribution in [0.1, 0.15) is 5.56 Å². The quantitative estimate of drug-likeness (QED) is 0.845. The zero-order valence-electron chi connectivity index (χ0n) is 13.0. The summed E-state index contributed by atoms with van der Waals surface area (Å²) in [5.74, 6) is 0.835. The van der Waals surface area contributed by atoms with Crippen LogP contribution in [0, 0.1) is 0 Å². The SMILES string of the molecule is COc1cc(CN(C)C(=O)Nc2ccccc2)ccc1SC. The lowest BCUT2D eigenvalue weighted by atomic mass is 10.2. The summed E-state index contributed by atoms with van der Waals surface area (Å²) in [6, 6.07) is 15.3. The van der Waals surface area contributed by atoms with Crippen molar-refractivity contribution in [2.24, 2.45) is 0 Å². The molecule has 1 N–H and O–H groups in total. The van der Waals surface area contributed by atoms with Crippen LogP contribution in [0.2, 0.25) is 0 Å². The van der Waals surface area contributed by atoms with E-state index in [1.807, 2.05) is 54.8 Å². The third-order valence-corrected chi connectivity index (χ3v) is 4.02. The first-order valence-corrected chi connectivity index (χ1v) is 8.14. The van der Waals surface area contributed by atoms with E-state index >= 15 is 0 Å². The molecule has 0 unspecified atom stereocenters. The number of benzene rings is 2. The van der Waals surface area contributed by atoms with Crippen LogP contribution < -0.4 is 10.1 Å². The van der Waals surface area contributed by atoms with Gasteiger partial charge in [-0.1, -0.05) is 24.3 Å². The first-order valence-electron chi connectivity index (χ1n) is 6.92. The predicted molar refractivity (Wildman–Crippen MR) is 91.7 cm³/mol. The molecule has 0 aromatic heterocycles. The van der Waals surface area contributed by atoms with E-state index in [0.29, 0.717) is 6.54 Å². The summed E-state index contributed by atoms with van der Waals surface area (Å²) < 4.78 is 5.37. The molecule has 2 aromatic rings. The Morgan fingerprint density at radius 2 is 1.95 bits per heavy atom. The molecule has 5 heteroatoms. The lowest BCUT2D eigenvalue weighted by molar-refractivity contribution is 0.220. The number of ether oxygens (including phenoxy) is 1. The number of thioether (sulfide) groups is 1. The molecule has 0 aliphatic rings. The average Bonchev–Trinajstić information content (AvgIpc) is 2.55. The molecule has 116 valence electrons. The third kappa shape index (κ3) is 4.18. The molecule has 0 saturated heterocycles. The second kappa shape index (κ2) is 7.75. The molecule has 0 saturated carbocycles. The maximum Gasteiger partial charge on any atom is 0.321 e. The minimum absolute atomic E-state index is 0.140. The number of hydrogen-bond donors (Lipinski definition) is 1. The lowest BCUT2D eigenvalue weighted by Gasteiger charge is -2.19. The highest BCUT2D eigenvalue weighted by molar-refractivity contribution is 7.98. The van der Waals surface area contributed by atoms with Crippen LogP contribution in [0.4, 0.5) is 10.5 Å². The summed E-state index contributed by atoms with van der Waals surface area (Å²) in [5, 5.41) is 2.86. The minimum Gasteiger partial charge on any atom is -0.496 e. The summed E-state index contributed by atoms with van der Waals surface area (Å²) in [5.41, 5.74) is 1.81. The number of carbonyl (C=O) groups excluding carboxylic acids is 1. The first-order chi connectivity index (χ1) is 10.6. The number of rotatable bonds is 5. The van der Waals surface area contributed by atoms with Crippen molar-refractivity contribution in [2.75, 3.05) is 25.7 Å². The Morgan fingerprint density at radius 3 is 2.59 bits per heavy atom. The molecule has 0 aliphatic carbocycles. The average molecular weight is 316 g/mol. The number of nitrogens with one attached hydrogen (secondary N) is 1. The molecule has 0 aliphatic heterocycles. The van der Waals surface area contributed by atoms with Gasteiger partial charge in [-0.2, -0.15) is 0 Å². The van der Waals surface area contributed by atoms with E-state index in [0.717, 1.165) is 21.9 Å². The van der Waals surface area contributed by atoms with Gasteiger partial charge in [0.2, 0.25) is 0 Å². The monoisotopic (exact) mass is 316 g/mol. The highest BCUT2D eigenvalue weighted by Gasteiger charge is 2.11. The second-order valence-electron chi connectivity index (χ2n) is 4.84. The standard InChI is InChI=1S/C17H20N2O2S/c1-19(17(20)18-14-7-5-4-6-8-14)12-13-9-10-16(22-3)15(11-13)21-2/h4-11H,12H2,1-3H3,(H,18,20). The molecule has 0 fully saturated rings. The third-order valence-electron chi connectivity index (χ3n) is 3.24. The summed E-state index contributed by atoms with van der Waals surface area (Å²) in [6.45, 7) is 0.518. The van der Waals surface area contributed by atoms with E-state index in [2.05, 4.69) is 5.32 Å². The summed E-state index contributed by atoms with van der Waals surface area (Å²) >= 11 is 1.64. The smallest absolute Gasteiger partial charge is 0.321 e. The van der Waals surface area contributed by atoms with Crippen molar-refractivity contribution in [3.8, 4) is 5.75 Å². The van der Waals surface area contributed by atoms with Crippen molar-refractivity contribution < 1.29 is 9.53 Å². The van der Waals surface area contributed by atoms with Gasteiger partial charge in [-0.3, -0.25) is 0 Å². The zero-order valence-corrected chi connectivity index (χ0v) is 13.8. The second-order valence-corrected chi connectivity index (χ2v) is 5.69. The van der Waals surface area contributed by atoms with Crippen LogP contribution >= 0.6 is 11.8 Å². The Hall–Kier alpha value is -2.14. The largest absolute Gasteiger partial charge is 0.496 e. The topological polar surface area (TPSA) is 41.6 Å². The number of amides is 2. The summed E-state index contributed by atoms with van der Waals surface area (Å²) in [7, 11) is 3.43. The molecular weight excluding hydrogens is 296 g/mol. The normalized spacial score (nSPS) is 10.1. The number of methoxy groups -OCH3 is 1. The number of carbonyl (C=O) groups is 1. The zero-order chi connectivity index (χ0) is 15.9. The van der Waals surface area contributed by atoms with Gasteiger partial charge in [-0.25, -0.2) is 4.79 Å². The van der Waals surface area contributed by atoms with Gasteiger partial charge in [0.15, 0.2) is 0 Å². The number of nitrogens with zero attached hydrogens (tertiary/aromatic N) is 1. The molecule has 4 nitrogen and oxygen atoms in total. The molecule has 0 heterocycles. The van der Waals surface area contributed by atoms with E-state index in [1.165, 1.54) is 0 Å². The van der Waals surface area contributed by atoms with E-state index in [-0.39, 0.29) is 6.03 Å². The van der Waals surface area contributed by atoms with Gasteiger partial charge >= 0.3 is 6.03 Å². The lowest BCUT2D eigenvalue weighted by Crippen LogP contribution is -2.30. The van der Waals surface area contributed by atoms with Gasteiger partial charge in [-0.05, 0) is 36.1 Å². The Bertz CT molecular complexity index is 632. The van der Waals surface area contributed by atoms with Crippen molar-refractivity contribution in [2.45, 2.75) is 11.4 Å². The van der Waals surface area contributed by atoms with E-state index in [1.54, 1.807) is 30.8 Å². The Labute approximate surface area is 135 Å². The maximum absolute atomic E-state index is 12.2. The summed E-state index contributed by atoms with van der Waals surface area (Å²) in [4.78, 5) is 14.9. The van der Waals surface area contributed by atoms with Crippen LogP contribution in [-0.4, -0.2) is 31.3 Å².